The lowest BCUT2D eigenvalue weighted by atomic mass is 10.2. The van der Waals surface area contributed by atoms with Crippen LogP contribution >= 0.6 is 11.8 Å². The molecule has 2 aromatic carbocycles. The van der Waals surface area contributed by atoms with Crippen molar-refractivity contribution in [3.63, 3.8) is 0 Å². The van der Waals surface area contributed by atoms with Gasteiger partial charge in [0.05, 0.1) is 21.6 Å². The van der Waals surface area contributed by atoms with Crippen LogP contribution in [0, 0.1) is 10.1 Å². The van der Waals surface area contributed by atoms with Crippen LogP contribution in [0.1, 0.15) is 25.7 Å². The number of nitro groups is 1. The Balaban J connectivity index is 1.56. The number of hydrogen-bond donors (Lipinski definition) is 0. The largest absolute Gasteiger partial charge is 0.420 e. The van der Waals surface area contributed by atoms with Gasteiger partial charge < -0.3 is 4.42 Å². The summed E-state index contributed by atoms with van der Waals surface area (Å²) in [6.45, 7) is 2.66. The van der Waals surface area contributed by atoms with Crippen molar-refractivity contribution in [2.45, 2.75) is 37.2 Å². The molecule has 0 saturated heterocycles. The van der Waals surface area contributed by atoms with Gasteiger partial charge in [0.15, 0.2) is 5.16 Å². The van der Waals surface area contributed by atoms with Crippen molar-refractivity contribution in [2.24, 2.45) is 0 Å². The summed E-state index contributed by atoms with van der Waals surface area (Å²) in [5.41, 5.74) is 1.18. The maximum absolute atomic E-state index is 12.9. The average molecular weight is 437 g/mol. The van der Waals surface area contributed by atoms with E-state index in [0.29, 0.717) is 39.8 Å². The number of benzene rings is 2. The minimum absolute atomic E-state index is 0.00789. The van der Waals surface area contributed by atoms with Crippen LogP contribution in [-0.4, -0.2) is 24.7 Å². The number of hydrogen-bond acceptors (Lipinski definition) is 8. The minimum Gasteiger partial charge on any atom is -0.420 e. The van der Waals surface area contributed by atoms with Crippen molar-refractivity contribution in [3.8, 4) is 11.5 Å². The smallest absolute Gasteiger partial charge is 0.269 e. The number of fused-ring (bicyclic) bond motifs is 1. The van der Waals surface area contributed by atoms with E-state index in [0.717, 1.165) is 12.8 Å². The first-order valence-corrected chi connectivity index (χ1v) is 10.7. The number of nitro benzene ring substituents is 1. The van der Waals surface area contributed by atoms with Crippen LogP contribution in [0.25, 0.3) is 22.4 Å². The second kappa shape index (κ2) is 9.09. The predicted molar refractivity (Wildman–Crippen MR) is 117 cm³/mol. The van der Waals surface area contributed by atoms with E-state index in [1.54, 1.807) is 22.8 Å². The first kappa shape index (κ1) is 20.7. The van der Waals surface area contributed by atoms with Gasteiger partial charge >= 0.3 is 0 Å². The summed E-state index contributed by atoms with van der Waals surface area (Å²) in [7, 11) is 0. The van der Waals surface area contributed by atoms with Gasteiger partial charge in [-0.3, -0.25) is 19.5 Å². The second-order valence-corrected chi connectivity index (χ2v) is 7.76. The van der Waals surface area contributed by atoms with E-state index in [4.69, 9.17) is 4.42 Å². The number of thioether (sulfide) groups is 1. The van der Waals surface area contributed by atoms with Crippen LogP contribution in [-0.2, 0) is 12.3 Å². The lowest BCUT2D eigenvalue weighted by molar-refractivity contribution is -0.384. The van der Waals surface area contributed by atoms with Gasteiger partial charge in [-0.1, -0.05) is 37.2 Å². The molecular formula is C21H19N5O4S. The van der Waals surface area contributed by atoms with Gasteiger partial charge in [0.1, 0.15) is 0 Å². The highest BCUT2D eigenvalue weighted by Crippen LogP contribution is 2.25. The molecule has 0 saturated carbocycles. The van der Waals surface area contributed by atoms with Gasteiger partial charge in [0.25, 0.3) is 11.2 Å². The molecule has 0 radical (unpaired) electrons. The third-order valence-electron chi connectivity index (χ3n) is 4.68. The van der Waals surface area contributed by atoms with Crippen LogP contribution in [0.5, 0.6) is 0 Å². The van der Waals surface area contributed by atoms with E-state index in [1.807, 2.05) is 18.2 Å². The zero-order valence-electron chi connectivity index (χ0n) is 16.7. The first-order chi connectivity index (χ1) is 15.1. The van der Waals surface area contributed by atoms with E-state index in [-0.39, 0.29) is 17.1 Å². The highest BCUT2D eigenvalue weighted by Gasteiger charge is 2.15. The fourth-order valence-electron chi connectivity index (χ4n) is 3.05. The van der Waals surface area contributed by atoms with E-state index >= 15 is 0 Å². The molecule has 4 rings (SSSR count). The Hall–Kier alpha value is -3.53. The van der Waals surface area contributed by atoms with Crippen molar-refractivity contribution in [3.05, 3.63) is 74.9 Å². The fraction of sp³-hybridized carbons (Fsp3) is 0.238. The van der Waals surface area contributed by atoms with E-state index < -0.39 is 4.92 Å². The summed E-state index contributed by atoms with van der Waals surface area (Å²) in [5, 5.41) is 20.1. The molecule has 0 bridgehead atoms. The Morgan fingerprint density at radius 3 is 2.65 bits per heavy atom. The second-order valence-electron chi connectivity index (χ2n) is 6.82. The summed E-state index contributed by atoms with van der Waals surface area (Å²) in [6.07, 6.45) is 1.84. The maximum atomic E-state index is 12.9. The van der Waals surface area contributed by atoms with Crippen LogP contribution in [0.15, 0.2) is 62.9 Å². The van der Waals surface area contributed by atoms with Gasteiger partial charge in [-0.15, -0.1) is 10.2 Å². The van der Waals surface area contributed by atoms with Crippen LogP contribution in [0.3, 0.4) is 0 Å². The highest BCUT2D eigenvalue weighted by molar-refractivity contribution is 7.98. The zero-order chi connectivity index (χ0) is 21.8. The molecule has 0 aliphatic heterocycles. The Morgan fingerprint density at radius 1 is 1.13 bits per heavy atom. The van der Waals surface area contributed by atoms with E-state index in [1.165, 1.54) is 23.9 Å². The number of unbranched alkanes of at least 4 members (excludes halogenated alkanes) is 1. The van der Waals surface area contributed by atoms with Crippen molar-refractivity contribution in [2.75, 3.05) is 0 Å². The molecule has 10 heteroatoms. The molecule has 31 heavy (non-hydrogen) atoms. The number of non-ortho nitro benzene ring substituents is 1. The maximum Gasteiger partial charge on any atom is 0.269 e. The number of rotatable bonds is 8. The fourth-order valence-corrected chi connectivity index (χ4v) is 3.91. The molecule has 0 atom stereocenters. The molecule has 2 heterocycles. The highest BCUT2D eigenvalue weighted by atomic mass is 32.2. The third kappa shape index (κ3) is 4.48. The summed E-state index contributed by atoms with van der Waals surface area (Å²) < 4.78 is 7.40. The molecule has 4 aromatic rings. The molecule has 2 aromatic heterocycles. The van der Waals surface area contributed by atoms with E-state index in [2.05, 4.69) is 22.1 Å². The predicted octanol–water partition coefficient (Wildman–Crippen LogP) is 4.45. The standard InChI is InChI=1S/C21H19N5O4S/c1-2-3-12-25-20(27)16-6-4-5-7-17(16)22-21(25)31-13-18-23-24-19(30-18)14-8-10-15(11-9-14)26(28)29/h4-11H,2-3,12-13H2,1H3. The molecule has 0 aliphatic carbocycles. The Labute approximate surface area is 181 Å². The molecule has 0 amide bonds. The van der Waals surface area contributed by atoms with Crippen molar-refractivity contribution < 1.29 is 9.34 Å². The first-order valence-electron chi connectivity index (χ1n) is 9.76. The molecule has 9 nitrogen and oxygen atoms in total. The van der Waals surface area contributed by atoms with Gasteiger partial charge in [-0.2, -0.15) is 0 Å². The van der Waals surface area contributed by atoms with Crippen molar-refractivity contribution in [1.29, 1.82) is 0 Å². The molecule has 0 unspecified atom stereocenters. The summed E-state index contributed by atoms with van der Waals surface area (Å²) >= 11 is 1.36. The lowest BCUT2D eigenvalue weighted by Crippen LogP contribution is -2.23. The normalized spacial score (nSPS) is 11.1. The molecule has 0 fully saturated rings. The topological polar surface area (TPSA) is 117 Å². The molecule has 158 valence electrons. The van der Waals surface area contributed by atoms with E-state index in [9.17, 15) is 14.9 Å². The molecule has 0 N–H and O–H groups in total. The van der Waals surface area contributed by atoms with Crippen LogP contribution in [0.2, 0.25) is 0 Å². The van der Waals surface area contributed by atoms with Crippen molar-refractivity contribution >= 4 is 28.4 Å². The summed E-state index contributed by atoms with van der Waals surface area (Å²) in [4.78, 5) is 27.9. The van der Waals surface area contributed by atoms with Gasteiger partial charge in [0, 0.05) is 24.2 Å². The number of nitrogens with zero attached hydrogens (tertiary/aromatic N) is 5. The van der Waals surface area contributed by atoms with Gasteiger partial charge in [-0.05, 0) is 30.7 Å². The SMILES string of the molecule is CCCCn1c(SCc2nnc(-c3ccc([N+](=O)[O-])cc3)o2)nc2ccccc2c1=O. The van der Waals surface area contributed by atoms with Gasteiger partial charge in [-0.25, -0.2) is 4.98 Å². The Kier molecular flexibility index (Phi) is 6.08. The molecular weight excluding hydrogens is 418 g/mol. The Bertz CT molecular complexity index is 1280. The number of aromatic nitrogens is 4. The monoisotopic (exact) mass is 437 g/mol. The number of para-hydroxylation sites is 1. The average Bonchev–Trinajstić information content (AvgIpc) is 3.26. The molecule has 0 aliphatic rings. The van der Waals surface area contributed by atoms with Crippen LogP contribution < -0.4 is 5.56 Å². The lowest BCUT2D eigenvalue weighted by Gasteiger charge is -2.12. The summed E-state index contributed by atoms with van der Waals surface area (Å²) in [5.74, 6) is 1.000. The van der Waals surface area contributed by atoms with Crippen LogP contribution in [0.4, 0.5) is 5.69 Å². The molecule has 0 spiro atoms. The van der Waals surface area contributed by atoms with Gasteiger partial charge in [0.2, 0.25) is 11.8 Å². The van der Waals surface area contributed by atoms with Crippen molar-refractivity contribution in [1.82, 2.24) is 19.7 Å². The third-order valence-corrected chi connectivity index (χ3v) is 5.64. The minimum atomic E-state index is -0.464. The Morgan fingerprint density at radius 2 is 1.90 bits per heavy atom. The quantitative estimate of drug-likeness (QED) is 0.172. The summed E-state index contributed by atoms with van der Waals surface area (Å²) in [6, 6.07) is 13.2. The zero-order valence-corrected chi connectivity index (χ0v) is 17.5.